The van der Waals surface area contributed by atoms with Crippen LogP contribution in [0.15, 0.2) is 36.4 Å². The van der Waals surface area contributed by atoms with Crippen LogP contribution in [0.3, 0.4) is 0 Å². The van der Waals surface area contributed by atoms with Gasteiger partial charge in [0.2, 0.25) is 0 Å². The number of ketones is 1. The molecule has 4 heteroatoms. The molecule has 1 aromatic carbocycles. The molecular weight excluding hydrogens is 214 g/mol. The molecule has 0 radical (unpaired) electrons. The van der Waals surface area contributed by atoms with Gasteiger partial charge < -0.3 is 0 Å². The first kappa shape index (κ1) is 10.1. The van der Waals surface area contributed by atoms with Crippen molar-refractivity contribution in [3.63, 3.8) is 0 Å². The van der Waals surface area contributed by atoms with Crippen molar-refractivity contribution in [2.24, 2.45) is 5.84 Å². The monoisotopic (exact) mass is 225 g/mol. The SMILES string of the molecule is NNC1C=Cc2nc3ccccc3cc2C1=O. The van der Waals surface area contributed by atoms with Gasteiger partial charge in [0.1, 0.15) is 6.04 Å². The van der Waals surface area contributed by atoms with Gasteiger partial charge in [-0.25, -0.2) is 10.4 Å². The highest BCUT2D eigenvalue weighted by atomic mass is 16.1. The van der Waals surface area contributed by atoms with Crippen molar-refractivity contribution >= 4 is 22.8 Å². The first-order chi connectivity index (χ1) is 8.29. The summed E-state index contributed by atoms with van der Waals surface area (Å²) >= 11 is 0. The summed E-state index contributed by atoms with van der Waals surface area (Å²) in [6.07, 6.45) is 3.56. The van der Waals surface area contributed by atoms with E-state index in [-0.39, 0.29) is 5.78 Å². The Morgan fingerprint density at radius 2 is 2.12 bits per heavy atom. The molecule has 17 heavy (non-hydrogen) atoms. The molecule has 4 nitrogen and oxygen atoms in total. The third kappa shape index (κ3) is 1.54. The van der Waals surface area contributed by atoms with Crippen molar-refractivity contribution in [3.8, 4) is 0 Å². The van der Waals surface area contributed by atoms with Gasteiger partial charge in [-0.3, -0.25) is 10.6 Å². The number of hydrogen-bond acceptors (Lipinski definition) is 4. The zero-order chi connectivity index (χ0) is 11.8. The molecule has 0 bridgehead atoms. The Labute approximate surface area is 98.1 Å². The Bertz CT molecular complexity index is 634. The number of pyridine rings is 1. The maximum absolute atomic E-state index is 12.1. The molecule has 1 aromatic heterocycles. The molecule has 2 aromatic rings. The fourth-order valence-corrected chi connectivity index (χ4v) is 2.03. The molecule has 84 valence electrons. The average Bonchev–Trinajstić information content (AvgIpc) is 2.37. The predicted molar refractivity (Wildman–Crippen MR) is 66.2 cm³/mol. The Hall–Kier alpha value is -2.04. The molecular formula is C13H11N3O. The largest absolute Gasteiger partial charge is 0.292 e. The highest BCUT2D eigenvalue weighted by molar-refractivity contribution is 6.08. The number of nitrogens with two attached hydrogens (primary N) is 1. The summed E-state index contributed by atoms with van der Waals surface area (Å²) in [5.74, 6) is 5.28. The van der Waals surface area contributed by atoms with E-state index in [0.29, 0.717) is 11.3 Å². The van der Waals surface area contributed by atoms with Crippen LogP contribution in [0.4, 0.5) is 0 Å². The van der Waals surface area contributed by atoms with Crippen molar-refractivity contribution in [1.29, 1.82) is 0 Å². The fraction of sp³-hybridized carbons (Fsp3) is 0.0769. The predicted octanol–water partition coefficient (Wildman–Crippen LogP) is 1.28. The first-order valence-corrected chi connectivity index (χ1v) is 5.38. The molecule has 1 unspecified atom stereocenters. The second-order valence-corrected chi connectivity index (χ2v) is 3.98. The minimum atomic E-state index is -0.453. The summed E-state index contributed by atoms with van der Waals surface area (Å²) in [5, 5.41) is 0.964. The summed E-state index contributed by atoms with van der Waals surface area (Å²) in [7, 11) is 0. The van der Waals surface area contributed by atoms with Crippen LogP contribution < -0.4 is 11.3 Å². The Balaban J connectivity index is 2.24. The molecule has 1 heterocycles. The van der Waals surface area contributed by atoms with Crippen molar-refractivity contribution in [3.05, 3.63) is 47.7 Å². The van der Waals surface area contributed by atoms with Gasteiger partial charge in [-0.1, -0.05) is 24.3 Å². The molecule has 0 amide bonds. The lowest BCUT2D eigenvalue weighted by Crippen LogP contribution is -2.41. The topological polar surface area (TPSA) is 68.0 Å². The van der Waals surface area contributed by atoms with E-state index in [1.54, 1.807) is 6.08 Å². The fourth-order valence-electron chi connectivity index (χ4n) is 2.03. The smallest absolute Gasteiger partial charge is 0.187 e. The Morgan fingerprint density at radius 1 is 1.29 bits per heavy atom. The van der Waals surface area contributed by atoms with Gasteiger partial charge in [-0.2, -0.15) is 0 Å². The summed E-state index contributed by atoms with van der Waals surface area (Å²) in [6, 6.07) is 9.15. The summed E-state index contributed by atoms with van der Waals surface area (Å²) < 4.78 is 0. The maximum Gasteiger partial charge on any atom is 0.187 e. The Morgan fingerprint density at radius 3 is 2.94 bits per heavy atom. The lowest BCUT2D eigenvalue weighted by atomic mass is 9.95. The maximum atomic E-state index is 12.1. The average molecular weight is 225 g/mol. The van der Waals surface area contributed by atoms with Gasteiger partial charge in [-0.05, 0) is 18.2 Å². The van der Waals surface area contributed by atoms with Crippen LogP contribution in [0.2, 0.25) is 0 Å². The molecule has 1 aliphatic carbocycles. The van der Waals surface area contributed by atoms with Gasteiger partial charge in [0.15, 0.2) is 5.78 Å². The minimum Gasteiger partial charge on any atom is -0.292 e. The van der Waals surface area contributed by atoms with Crippen LogP contribution in [0.5, 0.6) is 0 Å². The summed E-state index contributed by atoms with van der Waals surface area (Å²) in [6.45, 7) is 0. The minimum absolute atomic E-state index is 0.0387. The van der Waals surface area contributed by atoms with Gasteiger partial charge >= 0.3 is 0 Å². The van der Waals surface area contributed by atoms with E-state index in [0.717, 1.165) is 10.9 Å². The Kier molecular flexibility index (Phi) is 2.24. The van der Waals surface area contributed by atoms with E-state index in [1.165, 1.54) is 0 Å². The van der Waals surface area contributed by atoms with E-state index in [4.69, 9.17) is 5.84 Å². The number of carbonyl (C=O) groups excluding carboxylic acids is 1. The van der Waals surface area contributed by atoms with Crippen LogP contribution in [0.1, 0.15) is 16.1 Å². The van der Waals surface area contributed by atoms with E-state index < -0.39 is 6.04 Å². The quantitative estimate of drug-likeness (QED) is 0.566. The third-order valence-electron chi connectivity index (χ3n) is 2.93. The second kappa shape index (κ2) is 3.76. The van der Waals surface area contributed by atoms with Crippen molar-refractivity contribution in [1.82, 2.24) is 10.4 Å². The number of hydrogen-bond donors (Lipinski definition) is 2. The normalized spacial score (nSPS) is 18.4. The van der Waals surface area contributed by atoms with E-state index in [2.05, 4.69) is 10.4 Å². The number of rotatable bonds is 1. The van der Waals surface area contributed by atoms with Crippen LogP contribution in [0.25, 0.3) is 17.0 Å². The molecule has 1 atom stereocenters. The standard InChI is InChI=1S/C13H11N3O/c14-16-12-6-5-11-9(13(12)17)7-8-3-1-2-4-10(8)15-11/h1-7,12,16H,14H2. The van der Waals surface area contributed by atoms with Gasteiger partial charge in [0.25, 0.3) is 0 Å². The van der Waals surface area contributed by atoms with Crippen molar-refractivity contribution in [2.45, 2.75) is 6.04 Å². The molecule has 3 N–H and O–H groups in total. The van der Waals surface area contributed by atoms with Gasteiger partial charge in [0, 0.05) is 10.9 Å². The highest BCUT2D eigenvalue weighted by Gasteiger charge is 2.23. The van der Waals surface area contributed by atoms with Crippen LogP contribution >= 0.6 is 0 Å². The zero-order valence-corrected chi connectivity index (χ0v) is 9.05. The molecule has 0 saturated carbocycles. The molecule has 0 aliphatic heterocycles. The third-order valence-corrected chi connectivity index (χ3v) is 2.93. The number of hydrazine groups is 1. The number of Topliss-reactive ketones (excluding diaryl/α,β-unsaturated/α-hetero) is 1. The van der Waals surface area contributed by atoms with Gasteiger partial charge in [-0.15, -0.1) is 0 Å². The molecule has 0 spiro atoms. The van der Waals surface area contributed by atoms with Crippen LogP contribution in [-0.2, 0) is 0 Å². The number of para-hydroxylation sites is 1. The number of fused-ring (bicyclic) bond motifs is 2. The van der Waals surface area contributed by atoms with Crippen LogP contribution in [0, 0.1) is 0 Å². The highest BCUT2D eigenvalue weighted by Crippen LogP contribution is 2.22. The van der Waals surface area contributed by atoms with Crippen molar-refractivity contribution in [2.75, 3.05) is 0 Å². The summed E-state index contributed by atoms with van der Waals surface area (Å²) in [5.41, 5.74) is 4.70. The number of aromatic nitrogens is 1. The molecule has 1 aliphatic rings. The number of nitrogens with one attached hydrogen (secondary N) is 1. The van der Waals surface area contributed by atoms with E-state index in [1.807, 2.05) is 36.4 Å². The number of benzene rings is 1. The number of carbonyl (C=O) groups is 1. The van der Waals surface area contributed by atoms with Crippen LogP contribution in [-0.4, -0.2) is 16.8 Å². The lowest BCUT2D eigenvalue weighted by molar-refractivity contribution is 0.0962. The second-order valence-electron chi connectivity index (χ2n) is 3.98. The number of nitrogens with zero attached hydrogens (tertiary/aromatic N) is 1. The molecule has 0 fully saturated rings. The zero-order valence-electron chi connectivity index (χ0n) is 9.05. The molecule has 3 rings (SSSR count). The lowest BCUT2D eigenvalue weighted by Gasteiger charge is -2.17. The molecule has 0 saturated heterocycles. The summed E-state index contributed by atoms with van der Waals surface area (Å²) in [4.78, 5) is 16.5. The first-order valence-electron chi connectivity index (χ1n) is 5.38. The van der Waals surface area contributed by atoms with Crippen molar-refractivity contribution < 1.29 is 4.79 Å². The van der Waals surface area contributed by atoms with E-state index >= 15 is 0 Å². The van der Waals surface area contributed by atoms with Gasteiger partial charge in [0.05, 0.1) is 11.2 Å². The van der Waals surface area contributed by atoms with E-state index in [9.17, 15) is 4.79 Å².